The Morgan fingerprint density at radius 2 is 2.08 bits per heavy atom. The lowest BCUT2D eigenvalue weighted by molar-refractivity contribution is -0.118. The van der Waals surface area contributed by atoms with Crippen molar-refractivity contribution in [3.63, 3.8) is 0 Å². The molecule has 1 aromatic carbocycles. The van der Waals surface area contributed by atoms with Crippen LogP contribution in [0.15, 0.2) is 24.3 Å². The van der Waals surface area contributed by atoms with Crippen molar-refractivity contribution in [1.29, 1.82) is 0 Å². The number of methoxy groups -OCH3 is 2. The van der Waals surface area contributed by atoms with Gasteiger partial charge in [0, 0.05) is 35.7 Å². The van der Waals surface area contributed by atoms with Gasteiger partial charge in [-0.2, -0.15) is 5.10 Å². The summed E-state index contributed by atoms with van der Waals surface area (Å²) in [6, 6.07) is 7.37. The molecule has 0 aliphatic carbocycles. The molecule has 2 rings (SSSR count). The van der Waals surface area contributed by atoms with Crippen molar-refractivity contribution in [3.05, 3.63) is 35.5 Å². The second-order valence-corrected chi connectivity index (χ2v) is 5.74. The fourth-order valence-corrected chi connectivity index (χ4v) is 2.48. The van der Waals surface area contributed by atoms with Gasteiger partial charge in [0.25, 0.3) is 0 Å². The van der Waals surface area contributed by atoms with Gasteiger partial charge in [0.05, 0.1) is 20.8 Å². The zero-order valence-electron chi connectivity index (χ0n) is 14.1. The lowest BCUT2D eigenvalue weighted by atomic mass is 10.1. The molecule has 0 aliphatic heterocycles. The summed E-state index contributed by atoms with van der Waals surface area (Å²) in [4.78, 5) is 14.2. The summed E-state index contributed by atoms with van der Waals surface area (Å²) in [6.07, 6.45) is 0.994. The average molecular weight is 352 g/mol. The topological polar surface area (TPSA) is 67.5 Å². The molecule has 0 spiro atoms. The van der Waals surface area contributed by atoms with Crippen LogP contribution in [0, 0.1) is 6.92 Å². The third-order valence-electron chi connectivity index (χ3n) is 3.62. The van der Waals surface area contributed by atoms with E-state index in [0.29, 0.717) is 42.6 Å². The molecule has 0 bridgehead atoms. The Bertz CT molecular complexity index is 687. The summed E-state index contributed by atoms with van der Waals surface area (Å²) in [5.74, 6) is 2.37. The summed E-state index contributed by atoms with van der Waals surface area (Å²) in [5.41, 5.74) is 1.76. The van der Waals surface area contributed by atoms with Gasteiger partial charge in [-0.3, -0.25) is 14.8 Å². The number of hydrogen-bond donors (Lipinski definition) is 1. The lowest BCUT2D eigenvalue weighted by Crippen LogP contribution is -2.30. The standard InChI is InChI=1S/C17H22ClN3O3/c1-12-9-16(20-19-12)21(17(22)5-4-8-18)11-13-6-7-14(23-2)10-15(13)24-3/h6-7,9-10H,4-5,8,11H2,1-3H3,(H,19,20). The van der Waals surface area contributed by atoms with Crippen molar-refractivity contribution in [1.82, 2.24) is 10.2 Å². The summed E-state index contributed by atoms with van der Waals surface area (Å²) in [7, 11) is 3.19. The Labute approximate surface area is 146 Å². The molecule has 0 atom stereocenters. The van der Waals surface area contributed by atoms with Crippen molar-refractivity contribution in [2.45, 2.75) is 26.3 Å². The van der Waals surface area contributed by atoms with Crippen LogP contribution in [-0.4, -0.2) is 36.2 Å². The zero-order valence-corrected chi connectivity index (χ0v) is 14.9. The molecule has 0 radical (unpaired) electrons. The highest BCUT2D eigenvalue weighted by Crippen LogP contribution is 2.27. The predicted molar refractivity (Wildman–Crippen MR) is 94.0 cm³/mol. The number of hydrogen-bond acceptors (Lipinski definition) is 4. The van der Waals surface area contributed by atoms with Gasteiger partial charge in [0.2, 0.25) is 5.91 Å². The van der Waals surface area contributed by atoms with E-state index in [-0.39, 0.29) is 5.91 Å². The number of halogens is 1. The molecule has 1 amide bonds. The number of carbonyl (C=O) groups excluding carboxylic acids is 1. The average Bonchev–Trinajstić information content (AvgIpc) is 3.03. The molecule has 0 saturated heterocycles. The first kappa shape index (κ1) is 18.1. The zero-order chi connectivity index (χ0) is 17.5. The lowest BCUT2D eigenvalue weighted by Gasteiger charge is -2.21. The molecule has 2 aromatic rings. The normalized spacial score (nSPS) is 10.5. The van der Waals surface area contributed by atoms with Crippen LogP contribution in [0.1, 0.15) is 24.1 Å². The third kappa shape index (κ3) is 4.41. The Balaban J connectivity index is 2.29. The maximum atomic E-state index is 12.6. The van der Waals surface area contributed by atoms with E-state index in [9.17, 15) is 4.79 Å². The highest BCUT2D eigenvalue weighted by Gasteiger charge is 2.20. The number of nitrogens with zero attached hydrogens (tertiary/aromatic N) is 2. The Kier molecular flexibility index (Phi) is 6.49. The number of anilines is 1. The molecular formula is C17H22ClN3O3. The number of carbonyl (C=O) groups is 1. The maximum absolute atomic E-state index is 12.6. The fraction of sp³-hybridized carbons (Fsp3) is 0.412. The Morgan fingerprint density at radius 1 is 1.29 bits per heavy atom. The van der Waals surface area contributed by atoms with Gasteiger partial charge in [0.1, 0.15) is 11.5 Å². The van der Waals surface area contributed by atoms with Crippen LogP contribution in [0.5, 0.6) is 11.5 Å². The number of amides is 1. The van der Waals surface area contributed by atoms with Crippen molar-refractivity contribution in [3.8, 4) is 11.5 Å². The van der Waals surface area contributed by atoms with Crippen LogP contribution in [-0.2, 0) is 11.3 Å². The van der Waals surface area contributed by atoms with Gasteiger partial charge in [0.15, 0.2) is 5.82 Å². The van der Waals surface area contributed by atoms with Gasteiger partial charge < -0.3 is 9.47 Å². The molecule has 0 aliphatic rings. The van der Waals surface area contributed by atoms with E-state index in [4.69, 9.17) is 21.1 Å². The molecule has 7 heteroatoms. The number of ether oxygens (including phenoxy) is 2. The minimum Gasteiger partial charge on any atom is -0.497 e. The van der Waals surface area contributed by atoms with Gasteiger partial charge in [-0.15, -0.1) is 11.6 Å². The van der Waals surface area contributed by atoms with Gasteiger partial charge in [-0.1, -0.05) is 0 Å². The minimum atomic E-state index is -0.0278. The second kappa shape index (κ2) is 8.59. The minimum absolute atomic E-state index is 0.0278. The number of aromatic nitrogens is 2. The number of nitrogens with one attached hydrogen (secondary N) is 1. The van der Waals surface area contributed by atoms with E-state index in [1.165, 1.54) is 0 Å². The largest absolute Gasteiger partial charge is 0.497 e. The van der Waals surface area contributed by atoms with Gasteiger partial charge in [-0.05, 0) is 25.5 Å². The van der Waals surface area contributed by atoms with Crippen molar-refractivity contribution < 1.29 is 14.3 Å². The molecule has 1 aromatic heterocycles. The Morgan fingerprint density at radius 3 is 2.67 bits per heavy atom. The SMILES string of the molecule is COc1ccc(CN(C(=O)CCCCl)c2cc(C)[nH]n2)c(OC)c1. The summed E-state index contributed by atoms with van der Waals surface area (Å²) >= 11 is 5.72. The maximum Gasteiger partial charge on any atom is 0.228 e. The molecule has 0 unspecified atom stereocenters. The monoisotopic (exact) mass is 351 g/mol. The first-order chi connectivity index (χ1) is 11.6. The molecule has 0 saturated carbocycles. The quantitative estimate of drug-likeness (QED) is 0.741. The smallest absolute Gasteiger partial charge is 0.228 e. The molecule has 6 nitrogen and oxygen atoms in total. The predicted octanol–water partition coefficient (Wildman–Crippen LogP) is 3.29. The van der Waals surface area contributed by atoms with Crippen LogP contribution in [0.4, 0.5) is 5.82 Å². The number of benzene rings is 1. The number of alkyl halides is 1. The Hall–Kier alpha value is -2.21. The van der Waals surface area contributed by atoms with E-state index in [1.54, 1.807) is 25.2 Å². The van der Waals surface area contributed by atoms with Crippen molar-refractivity contribution in [2.24, 2.45) is 0 Å². The third-order valence-corrected chi connectivity index (χ3v) is 3.88. The molecule has 0 fully saturated rings. The molecular weight excluding hydrogens is 330 g/mol. The number of aryl methyl sites for hydroxylation is 1. The van der Waals surface area contributed by atoms with E-state index in [2.05, 4.69) is 10.2 Å². The number of aromatic amines is 1. The van der Waals surface area contributed by atoms with Crippen LogP contribution >= 0.6 is 11.6 Å². The van der Waals surface area contributed by atoms with Crippen molar-refractivity contribution in [2.75, 3.05) is 25.0 Å². The van der Waals surface area contributed by atoms with E-state index in [0.717, 1.165) is 11.3 Å². The summed E-state index contributed by atoms with van der Waals surface area (Å²) in [6.45, 7) is 2.25. The summed E-state index contributed by atoms with van der Waals surface area (Å²) < 4.78 is 10.6. The molecule has 1 N–H and O–H groups in total. The van der Waals surface area contributed by atoms with E-state index in [1.807, 2.05) is 25.1 Å². The summed E-state index contributed by atoms with van der Waals surface area (Å²) in [5, 5.41) is 7.08. The van der Waals surface area contributed by atoms with E-state index < -0.39 is 0 Å². The molecule has 1 heterocycles. The van der Waals surface area contributed by atoms with Crippen LogP contribution in [0.2, 0.25) is 0 Å². The highest BCUT2D eigenvalue weighted by atomic mass is 35.5. The van der Waals surface area contributed by atoms with Crippen molar-refractivity contribution >= 4 is 23.3 Å². The van der Waals surface area contributed by atoms with Crippen LogP contribution < -0.4 is 14.4 Å². The highest BCUT2D eigenvalue weighted by molar-refractivity contribution is 6.18. The van der Waals surface area contributed by atoms with E-state index >= 15 is 0 Å². The van der Waals surface area contributed by atoms with Gasteiger partial charge in [-0.25, -0.2) is 0 Å². The second-order valence-electron chi connectivity index (χ2n) is 5.36. The molecule has 24 heavy (non-hydrogen) atoms. The van der Waals surface area contributed by atoms with Crippen LogP contribution in [0.3, 0.4) is 0 Å². The first-order valence-corrected chi connectivity index (χ1v) is 8.21. The van der Waals surface area contributed by atoms with Crippen LogP contribution in [0.25, 0.3) is 0 Å². The van der Waals surface area contributed by atoms with Gasteiger partial charge >= 0.3 is 0 Å². The first-order valence-electron chi connectivity index (χ1n) is 7.68. The number of rotatable bonds is 8. The molecule has 130 valence electrons. The number of H-pyrrole nitrogens is 1. The fourth-order valence-electron chi connectivity index (χ4n) is 2.34.